The quantitative estimate of drug-likeness (QED) is 0.786. The van der Waals surface area contributed by atoms with Crippen LogP contribution in [-0.2, 0) is 6.18 Å². The highest BCUT2D eigenvalue weighted by atomic mass is 19.4. The summed E-state index contributed by atoms with van der Waals surface area (Å²) in [4.78, 5) is 15.0. The minimum atomic E-state index is -4.61. The Labute approximate surface area is 101 Å². The first-order chi connectivity index (χ1) is 8.29. The third-order valence-corrected chi connectivity index (χ3v) is 2.65. The first-order valence-corrected chi connectivity index (χ1v) is 5.39. The van der Waals surface area contributed by atoms with Crippen LogP contribution in [0.2, 0.25) is 0 Å². The molecule has 2 aromatic rings. The summed E-state index contributed by atoms with van der Waals surface area (Å²) in [7, 11) is 0. The number of aromatic nitrogens is 2. The molecule has 0 spiro atoms. The standard InChI is InChI=1S/C12H11F3N2O/c1-7(2)8-3-4-17-10(5-8)16-9(6-11(17)18)12(13,14)15/h3-7H,1-2H3. The largest absolute Gasteiger partial charge is 0.433 e. The van der Waals surface area contributed by atoms with Crippen LogP contribution in [0.15, 0.2) is 29.2 Å². The SMILES string of the molecule is CC(C)c1ccn2c(=O)cc(C(F)(F)F)nc2c1. The summed E-state index contributed by atoms with van der Waals surface area (Å²) in [5, 5.41) is 0. The van der Waals surface area contributed by atoms with Crippen LogP contribution in [0.5, 0.6) is 0 Å². The summed E-state index contributed by atoms with van der Waals surface area (Å²) in [5.74, 6) is 0.154. The maximum Gasteiger partial charge on any atom is 0.433 e. The fourth-order valence-corrected chi connectivity index (χ4v) is 1.62. The zero-order valence-electron chi connectivity index (χ0n) is 9.82. The van der Waals surface area contributed by atoms with E-state index in [1.54, 1.807) is 6.07 Å². The van der Waals surface area contributed by atoms with Crippen molar-refractivity contribution in [2.45, 2.75) is 25.9 Å². The molecular formula is C12H11F3N2O. The lowest BCUT2D eigenvalue weighted by Gasteiger charge is -2.10. The highest BCUT2D eigenvalue weighted by Gasteiger charge is 2.33. The molecule has 0 atom stereocenters. The van der Waals surface area contributed by atoms with E-state index < -0.39 is 17.4 Å². The fraction of sp³-hybridized carbons (Fsp3) is 0.333. The van der Waals surface area contributed by atoms with Gasteiger partial charge in [0.25, 0.3) is 5.56 Å². The molecule has 0 N–H and O–H groups in total. The number of hydrogen-bond donors (Lipinski definition) is 0. The maximum atomic E-state index is 12.5. The molecule has 96 valence electrons. The van der Waals surface area contributed by atoms with E-state index in [0.717, 1.165) is 9.96 Å². The zero-order chi connectivity index (χ0) is 13.5. The molecule has 0 fully saturated rings. The lowest BCUT2D eigenvalue weighted by molar-refractivity contribution is -0.141. The Morgan fingerprint density at radius 1 is 1.28 bits per heavy atom. The molecule has 0 amide bonds. The van der Waals surface area contributed by atoms with E-state index >= 15 is 0 Å². The average molecular weight is 256 g/mol. The normalized spacial score (nSPS) is 12.3. The Kier molecular flexibility index (Phi) is 2.88. The van der Waals surface area contributed by atoms with Crippen LogP contribution < -0.4 is 5.56 Å². The fourth-order valence-electron chi connectivity index (χ4n) is 1.62. The molecule has 0 unspecified atom stereocenters. The topological polar surface area (TPSA) is 34.4 Å². The molecule has 6 heteroatoms. The lowest BCUT2D eigenvalue weighted by atomic mass is 10.1. The van der Waals surface area contributed by atoms with Gasteiger partial charge in [-0.15, -0.1) is 0 Å². The van der Waals surface area contributed by atoms with Crippen molar-refractivity contribution in [1.29, 1.82) is 0 Å². The summed E-state index contributed by atoms with van der Waals surface area (Å²) < 4.78 is 38.7. The van der Waals surface area contributed by atoms with Gasteiger partial charge in [0.05, 0.1) is 0 Å². The predicted molar refractivity (Wildman–Crippen MR) is 60.6 cm³/mol. The van der Waals surface area contributed by atoms with E-state index in [-0.39, 0.29) is 11.6 Å². The van der Waals surface area contributed by atoms with Crippen molar-refractivity contribution in [1.82, 2.24) is 9.38 Å². The van der Waals surface area contributed by atoms with Gasteiger partial charge in [0.15, 0.2) is 5.69 Å². The van der Waals surface area contributed by atoms with Crippen LogP contribution in [0.4, 0.5) is 13.2 Å². The van der Waals surface area contributed by atoms with Crippen LogP contribution in [0, 0.1) is 0 Å². The molecule has 0 aliphatic rings. The molecule has 0 radical (unpaired) electrons. The van der Waals surface area contributed by atoms with Gasteiger partial charge in [-0.05, 0) is 23.6 Å². The molecule has 0 bridgehead atoms. The highest BCUT2D eigenvalue weighted by molar-refractivity contribution is 5.43. The van der Waals surface area contributed by atoms with Crippen molar-refractivity contribution < 1.29 is 13.2 Å². The van der Waals surface area contributed by atoms with E-state index in [1.165, 1.54) is 12.3 Å². The van der Waals surface area contributed by atoms with E-state index in [4.69, 9.17) is 0 Å². The number of rotatable bonds is 1. The molecule has 0 aliphatic heterocycles. The first kappa shape index (κ1) is 12.6. The molecule has 2 rings (SSSR count). The molecule has 0 saturated heterocycles. The monoisotopic (exact) mass is 256 g/mol. The Balaban J connectivity index is 2.73. The Bertz CT molecular complexity index is 644. The number of alkyl halides is 3. The van der Waals surface area contributed by atoms with Crippen LogP contribution in [0.1, 0.15) is 31.0 Å². The second kappa shape index (κ2) is 4.12. The highest BCUT2D eigenvalue weighted by Crippen LogP contribution is 2.27. The number of nitrogens with zero attached hydrogens (tertiary/aromatic N) is 2. The third kappa shape index (κ3) is 2.23. The van der Waals surface area contributed by atoms with Gasteiger partial charge in [-0.1, -0.05) is 13.8 Å². The van der Waals surface area contributed by atoms with Crippen molar-refractivity contribution in [3.05, 3.63) is 46.0 Å². The first-order valence-electron chi connectivity index (χ1n) is 5.39. The number of halogens is 3. The van der Waals surface area contributed by atoms with Crippen LogP contribution in [0.25, 0.3) is 5.65 Å². The second-order valence-corrected chi connectivity index (χ2v) is 4.32. The van der Waals surface area contributed by atoms with Crippen LogP contribution in [0.3, 0.4) is 0 Å². The smallest absolute Gasteiger partial charge is 0.269 e. The van der Waals surface area contributed by atoms with Gasteiger partial charge in [-0.2, -0.15) is 13.2 Å². The summed E-state index contributed by atoms with van der Waals surface area (Å²) in [6.45, 7) is 3.83. The molecular weight excluding hydrogens is 245 g/mol. The minimum absolute atomic E-state index is 0.0148. The van der Waals surface area contributed by atoms with Crippen molar-refractivity contribution in [2.24, 2.45) is 0 Å². The molecule has 0 aliphatic carbocycles. The van der Waals surface area contributed by atoms with E-state index in [2.05, 4.69) is 4.98 Å². The summed E-state index contributed by atoms with van der Waals surface area (Å²) >= 11 is 0. The minimum Gasteiger partial charge on any atom is -0.269 e. The van der Waals surface area contributed by atoms with Gasteiger partial charge in [-0.3, -0.25) is 9.20 Å². The van der Waals surface area contributed by atoms with Crippen molar-refractivity contribution >= 4 is 5.65 Å². The molecule has 2 heterocycles. The van der Waals surface area contributed by atoms with Crippen molar-refractivity contribution in [2.75, 3.05) is 0 Å². The van der Waals surface area contributed by atoms with Gasteiger partial charge in [0.1, 0.15) is 5.65 Å². The van der Waals surface area contributed by atoms with Crippen LogP contribution >= 0.6 is 0 Å². The van der Waals surface area contributed by atoms with Crippen molar-refractivity contribution in [3.63, 3.8) is 0 Å². The van der Waals surface area contributed by atoms with Gasteiger partial charge in [0, 0.05) is 12.3 Å². The van der Waals surface area contributed by atoms with Crippen molar-refractivity contribution in [3.8, 4) is 0 Å². The zero-order valence-corrected chi connectivity index (χ0v) is 9.82. The maximum absolute atomic E-state index is 12.5. The number of fused-ring (bicyclic) bond motifs is 1. The summed E-state index contributed by atoms with van der Waals surface area (Å²) in [6.07, 6.45) is -3.16. The van der Waals surface area contributed by atoms with E-state index in [0.29, 0.717) is 6.07 Å². The van der Waals surface area contributed by atoms with Gasteiger partial charge < -0.3 is 0 Å². The molecule has 0 aromatic carbocycles. The summed E-state index contributed by atoms with van der Waals surface area (Å²) in [6, 6.07) is 3.71. The van der Waals surface area contributed by atoms with E-state index in [1.807, 2.05) is 13.8 Å². The number of pyridine rings is 1. The molecule has 2 aromatic heterocycles. The number of hydrogen-bond acceptors (Lipinski definition) is 2. The lowest BCUT2D eigenvalue weighted by Crippen LogP contribution is -2.20. The predicted octanol–water partition coefficient (Wildman–Crippen LogP) is 2.84. The average Bonchev–Trinajstić information content (AvgIpc) is 2.26. The Morgan fingerprint density at radius 2 is 1.94 bits per heavy atom. The van der Waals surface area contributed by atoms with E-state index in [9.17, 15) is 18.0 Å². The summed E-state index contributed by atoms with van der Waals surface area (Å²) in [5.41, 5.74) is -1.04. The second-order valence-electron chi connectivity index (χ2n) is 4.32. The molecule has 0 saturated carbocycles. The van der Waals surface area contributed by atoms with Gasteiger partial charge >= 0.3 is 6.18 Å². The van der Waals surface area contributed by atoms with Crippen LogP contribution in [-0.4, -0.2) is 9.38 Å². The molecule has 3 nitrogen and oxygen atoms in total. The van der Waals surface area contributed by atoms with Gasteiger partial charge in [0.2, 0.25) is 0 Å². The third-order valence-electron chi connectivity index (χ3n) is 2.65. The van der Waals surface area contributed by atoms with Gasteiger partial charge in [-0.25, -0.2) is 4.98 Å². The molecule has 18 heavy (non-hydrogen) atoms. The Morgan fingerprint density at radius 3 is 2.50 bits per heavy atom. The Hall–Kier alpha value is -1.85.